The van der Waals surface area contributed by atoms with Crippen molar-refractivity contribution >= 4 is 27.4 Å². The second-order valence-electron chi connectivity index (χ2n) is 5.79. The zero-order chi connectivity index (χ0) is 14.7. The number of aromatic nitrogens is 2. The average molecular weight is 292 g/mol. The molecule has 0 saturated carbocycles. The van der Waals surface area contributed by atoms with Gasteiger partial charge in [-0.3, -0.25) is 4.90 Å². The molecule has 0 bridgehead atoms. The highest BCUT2D eigenvalue weighted by atomic mass is 32.1. The number of fused-ring (bicyclic) bond motifs is 1. The minimum Gasteiger partial charge on any atom is -0.372 e. The molecule has 2 heterocycles. The Kier molecular flexibility index (Phi) is 4.94. The highest BCUT2D eigenvalue weighted by Gasteiger charge is 2.15. The van der Waals surface area contributed by atoms with E-state index in [0.29, 0.717) is 12.0 Å². The van der Waals surface area contributed by atoms with E-state index in [2.05, 4.69) is 54.3 Å². The van der Waals surface area contributed by atoms with Crippen molar-refractivity contribution in [3.63, 3.8) is 0 Å². The Labute approximate surface area is 125 Å². The van der Waals surface area contributed by atoms with Crippen LogP contribution in [0.4, 0.5) is 5.82 Å². The minimum atomic E-state index is 0.498. The summed E-state index contributed by atoms with van der Waals surface area (Å²) < 4.78 is 0. The predicted octanol–water partition coefficient (Wildman–Crippen LogP) is 3.60. The number of thiophene rings is 1. The van der Waals surface area contributed by atoms with Gasteiger partial charge in [0.15, 0.2) is 0 Å². The van der Waals surface area contributed by atoms with Crippen LogP contribution < -0.4 is 5.32 Å². The van der Waals surface area contributed by atoms with Gasteiger partial charge in [0.25, 0.3) is 0 Å². The van der Waals surface area contributed by atoms with Crippen LogP contribution in [-0.4, -0.2) is 34.5 Å². The van der Waals surface area contributed by atoms with Crippen molar-refractivity contribution in [1.29, 1.82) is 0 Å². The second-order valence-corrected chi connectivity index (χ2v) is 6.69. The monoisotopic (exact) mass is 292 g/mol. The summed E-state index contributed by atoms with van der Waals surface area (Å²) in [6, 6.07) is 2.57. The number of nitrogens with zero attached hydrogens (tertiary/aromatic N) is 3. The largest absolute Gasteiger partial charge is 0.372 e. The van der Waals surface area contributed by atoms with E-state index in [9.17, 15) is 0 Å². The van der Waals surface area contributed by atoms with Gasteiger partial charge in [-0.15, -0.1) is 11.3 Å². The van der Waals surface area contributed by atoms with Crippen LogP contribution in [0.1, 0.15) is 33.5 Å². The third-order valence-corrected chi connectivity index (χ3v) is 4.09. The number of rotatable bonds is 6. The van der Waals surface area contributed by atoms with Crippen LogP contribution in [-0.2, 0) is 6.54 Å². The standard InChI is InChI=1S/C15H24N4S/c1-10(2)8-19(11(3)4)9-13-17-14(16-5)12-6-7-20-15(12)18-13/h6-7,10-11H,8-9H2,1-5H3,(H,16,17,18). The van der Waals surface area contributed by atoms with Crippen molar-refractivity contribution in [3.8, 4) is 0 Å². The van der Waals surface area contributed by atoms with Gasteiger partial charge in [-0.1, -0.05) is 13.8 Å². The molecule has 0 radical (unpaired) electrons. The molecule has 5 heteroatoms. The van der Waals surface area contributed by atoms with E-state index < -0.39 is 0 Å². The predicted molar refractivity (Wildman–Crippen MR) is 87.3 cm³/mol. The summed E-state index contributed by atoms with van der Waals surface area (Å²) in [5.41, 5.74) is 0. The molecular formula is C15H24N4S. The van der Waals surface area contributed by atoms with Crippen molar-refractivity contribution in [2.75, 3.05) is 18.9 Å². The van der Waals surface area contributed by atoms with Crippen molar-refractivity contribution in [2.24, 2.45) is 5.92 Å². The van der Waals surface area contributed by atoms with Gasteiger partial charge in [0.2, 0.25) is 0 Å². The highest BCUT2D eigenvalue weighted by Crippen LogP contribution is 2.25. The first-order valence-electron chi connectivity index (χ1n) is 7.17. The molecule has 2 aromatic rings. The van der Waals surface area contributed by atoms with E-state index >= 15 is 0 Å². The molecule has 0 saturated heterocycles. The Hall–Kier alpha value is -1.20. The summed E-state index contributed by atoms with van der Waals surface area (Å²) in [5.74, 6) is 2.48. The first-order chi connectivity index (χ1) is 9.51. The Morgan fingerprint density at radius 2 is 2.00 bits per heavy atom. The Balaban J connectivity index is 2.27. The van der Waals surface area contributed by atoms with Crippen LogP contribution in [0.3, 0.4) is 0 Å². The van der Waals surface area contributed by atoms with Crippen LogP contribution in [0.2, 0.25) is 0 Å². The van der Waals surface area contributed by atoms with Gasteiger partial charge in [-0.05, 0) is 31.2 Å². The van der Waals surface area contributed by atoms with Crippen LogP contribution in [0.5, 0.6) is 0 Å². The van der Waals surface area contributed by atoms with Crippen molar-refractivity contribution in [1.82, 2.24) is 14.9 Å². The molecule has 0 atom stereocenters. The molecule has 0 aliphatic rings. The Morgan fingerprint density at radius 1 is 1.25 bits per heavy atom. The lowest BCUT2D eigenvalue weighted by Crippen LogP contribution is -2.34. The van der Waals surface area contributed by atoms with E-state index in [1.165, 1.54) is 0 Å². The smallest absolute Gasteiger partial charge is 0.146 e. The van der Waals surface area contributed by atoms with Gasteiger partial charge in [-0.25, -0.2) is 9.97 Å². The summed E-state index contributed by atoms with van der Waals surface area (Å²) in [5, 5.41) is 6.36. The molecule has 2 rings (SSSR count). The van der Waals surface area contributed by atoms with Gasteiger partial charge >= 0.3 is 0 Å². The normalized spacial score (nSPS) is 12.0. The first kappa shape index (κ1) is 15.2. The Morgan fingerprint density at radius 3 is 2.60 bits per heavy atom. The fraction of sp³-hybridized carbons (Fsp3) is 0.600. The molecule has 4 nitrogen and oxygen atoms in total. The first-order valence-corrected chi connectivity index (χ1v) is 8.05. The van der Waals surface area contributed by atoms with Crippen LogP contribution in [0.15, 0.2) is 11.4 Å². The molecule has 0 aliphatic heterocycles. The van der Waals surface area contributed by atoms with Gasteiger partial charge in [0.05, 0.1) is 11.9 Å². The third-order valence-electron chi connectivity index (χ3n) is 3.28. The molecule has 0 unspecified atom stereocenters. The lowest BCUT2D eigenvalue weighted by atomic mass is 10.2. The molecule has 0 fully saturated rings. The number of anilines is 1. The van der Waals surface area contributed by atoms with E-state index in [1.807, 2.05) is 7.05 Å². The number of hydrogen-bond donors (Lipinski definition) is 1. The maximum absolute atomic E-state index is 4.70. The van der Waals surface area contributed by atoms with Crippen molar-refractivity contribution < 1.29 is 0 Å². The zero-order valence-electron chi connectivity index (χ0n) is 13.0. The molecular weight excluding hydrogens is 268 g/mol. The second kappa shape index (κ2) is 6.50. The Bertz CT molecular complexity index is 562. The lowest BCUT2D eigenvalue weighted by molar-refractivity contribution is 0.185. The summed E-state index contributed by atoms with van der Waals surface area (Å²) >= 11 is 1.67. The minimum absolute atomic E-state index is 0.498. The summed E-state index contributed by atoms with van der Waals surface area (Å²) in [6.07, 6.45) is 0. The molecule has 0 amide bonds. The molecule has 20 heavy (non-hydrogen) atoms. The summed E-state index contributed by atoms with van der Waals surface area (Å²) in [4.78, 5) is 12.9. The fourth-order valence-electron chi connectivity index (χ4n) is 2.27. The van der Waals surface area contributed by atoms with Gasteiger partial charge in [-0.2, -0.15) is 0 Å². The van der Waals surface area contributed by atoms with Crippen LogP contribution in [0.25, 0.3) is 10.2 Å². The van der Waals surface area contributed by atoms with E-state index in [-0.39, 0.29) is 0 Å². The molecule has 0 aliphatic carbocycles. The maximum atomic E-state index is 4.70. The van der Waals surface area contributed by atoms with Crippen LogP contribution >= 0.6 is 11.3 Å². The van der Waals surface area contributed by atoms with Crippen molar-refractivity contribution in [2.45, 2.75) is 40.3 Å². The van der Waals surface area contributed by atoms with E-state index in [0.717, 1.165) is 34.9 Å². The van der Waals surface area contributed by atoms with Crippen LogP contribution in [0, 0.1) is 5.92 Å². The fourth-order valence-corrected chi connectivity index (χ4v) is 3.05. The SMILES string of the molecule is CNc1nc(CN(CC(C)C)C(C)C)nc2sccc12. The van der Waals surface area contributed by atoms with E-state index in [1.54, 1.807) is 11.3 Å². The molecule has 110 valence electrons. The zero-order valence-corrected chi connectivity index (χ0v) is 13.8. The summed E-state index contributed by atoms with van der Waals surface area (Å²) in [7, 11) is 1.91. The summed E-state index contributed by atoms with van der Waals surface area (Å²) in [6.45, 7) is 10.8. The van der Waals surface area contributed by atoms with Gasteiger partial charge in [0, 0.05) is 19.6 Å². The molecule has 0 spiro atoms. The lowest BCUT2D eigenvalue weighted by Gasteiger charge is -2.27. The molecule has 2 aromatic heterocycles. The number of hydrogen-bond acceptors (Lipinski definition) is 5. The average Bonchev–Trinajstić information content (AvgIpc) is 2.84. The molecule has 1 N–H and O–H groups in total. The maximum Gasteiger partial charge on any atom is 0.146 e. The van der Waals surface area contributed by atoms with E-state index in [4.69, 9.17) is 4.98 Å². The number of nitrogens with one attached hydrogen (secondary N) is 1. The van der Waals surface area contributed by atoms with Crippen molar-refractivity contribution in [3.05, 3.63) is 17.3 Å². The molecule has 0 aromatic carbocycles. The topological polar surface area (TPSA) is 41.1 Å². The quantitative estimate of drug-likeness (QED) is 0.883. The van der Waals surface area contributed by atoms with Gasteiger partial charge in [0.1, 0.15) is 16.5 Å². The van der Waals surface area contributed by atoms with Gasteiger partial charge < -0.3 is 5.32 Å². The third kappa shape index (κ3) is 3.46. The highest BCUT2D eigenvalue weighted by molar-refractivity contribution is 7.16.